The van der Waals surface area contributed by atoms with Gasteiger partial charge in [-0.2, -0.15) is 0 Å². The fourth-order valence-corrected chi connectivity index (χ4v) is 1.77. The summed E-state index contributed by atoms with van der Waals surface area (Å²) in [5, 5.41) is 1.03. The van der Waals surface area contributed by atoms with Crippen molar-refractivity contribution in [3.63, 3.8) is 0 Å². The van der Waals surface area contributed by atoms with Gasteiger partial charge in [-0.15, -0.1) is 0 Å². The van der Waals surface area contributed by atoms with Crippen molar-refractivity contribution in [3.05, 3.63) is 29.6 Å². The Hall–Kier alpha value is -1.84. The number of nitrogens with one attached hydrogen (secondary N) is 1. The molecule has 0 aliphatic carbocycles. The van der Waals surface area contributed by atoms with Crippen LogP contribution in [0.15, 0.2) is 18.3 Å². The van der Waals surface area contributed by atoms with Gasteiger partial charge in [0, 0.05) is 29.8 Å². The Morgan fingerprint density at radius 2 is 2.38 bits per heavy atom. The van der Waals surface area contributed by atoms with Gasteiger partial charge in [-0.05, 0) is 18.6 Å². The van der Waals surface area contributed by atoms with E-state index in [0.29, 0.717) is 6.61 Å². The van der Waals surface area contributed by atoms with E-state index >= 15 is 0 Å². The first kappa shape index (κ1) is 10.7. The SMILES string of the molecule is CCc1[nH]c2ncccc2c1COC(C)=O. The molecule has 0 saturated carbocycles. The molecule has 2 heterocycles. The van der Waals surface area contributed by atoms with E-state index in [1.165, 1.54) is 6.92 Å². The molecule has 16 heavy (non-hydrogen) atoms. The van der Waals surface area contributed by atoms with Crippen LogP contribution in [0.4, 0.5) is 0 Å². The molecular formula is C12H14N2O2. The lowest BCUT2D eigenvalue weighted by atomic mass is 10.1. The summed E-state index contributed by atoms with van der Waals surface area (Å²) in [6.07, 6.45) is 2.61. The maximum Gasteiger partial charge on any atom is 0.302 e. The number of H-pyrrole nitrogens is 1. The van der Waals surface area contributed by atoms with E-state index in [1.54, 1.807) is 6.20 Å². The van der Waals surface area contributed by atoms with Gasteiger partial charge in [-0.3, -0.25) is 4.79 Å². The van der Waals surface area contributed by atoms with Gasteiger partial charge in [0.15, 0.2) is 0 Å². The molecule has 0 bridgehead atoms. The van der Waals surface area contributed by atoms with E-state index in [2.05, 4.69) is 16.9 Å². The molecule has 0 atom stereocenters. The lowest BCUT2D eigenvalue weighted by Gasteiger charge is -2.02. The number of rotatable bonds is 3. The highest BCUT2D eigenvalue weighted by Gasteiger charge is 2.11. The van der Waals surface area contributed by atoms with E-state index in [1.807, 2.05) is 12.1 Å². The number of esters is 1. The number of pyridine rings is 1. The molecule has 4 heteroatoms. The van der Waals surface area contributed by atoms with Gasteiger partial charge in [-0.25, -0.2) is 4.98 Å². The third-order valence-corrected chi connectivity index (χ3v) is 2.54. The molecule has 0 aliphatic heterocycles. The molecule has 1 N–H and O–H groups in total. The van der Waals surface area contributed by atoms with Crippen LogP contribution in [-0.2, 0) is 22.6 Å². The second-order valence-electron chi connectivity index (χ2n) is 3.62. The van der Waals surface area contributed by atoms with E-state index in [4.69, 9.17) is 4.74 Å². The summed E-state index contributed by atoms with van der Waals surface area (Å²) in [6.45, 7) is 3.78. The summed E-state index contributed by atoms with van der Waals surface area (Å²) in [5.41, 5.74) is 2.96. The van der Waals surface area contributed by atoms with E-state index in [9.17, 15) is 4.79 Å². The quantitative estimate of drug-likeness (QED) is 0.803. The van der Waals surface area contributed by atoms with Gasteiger partial charge in [0.1, 0.15) is 12.3 Å². The van der Waals surface area contributed by atoms with Crippen LogP contribution in [0.5, 0.6) is 0 Å². The molecule has 0 radical (unpaired) electrons. The maximum absolute atomic E-state index is 10.8. The lowest BCUT2D eigenvalue weighted by molar-refractivity contribution is -0.142. The molecule has 0 fully saturated rings. The van der Waals surface area contributed by atoms with Crippen molar-refractivity contribution in [2.24, 2.45) is 0 Å². The number of ether oxygens (including phenoxy) is 1. The zero-order valence-electron chi connectivity index (χ0n) is 9.41. The second kappa shape index (κ2) is 4.35. The Labute approximate surface area is 93.6 Å². The number of aromatic amines is 1. The predicted molar refractivity (Wildman–Crippen MR) is 60.9 cm³/mol. The van der Waals surface area contributed by atoms with Crippen LogP contribution >= 0.6 is 0 Å². The number of nitrogens with zero attached hydrogens (tertiary/aromatic N) is 1. The van der Waals surface area contributed by atoms with E-state index in [-0.39, 0.29) is 5.97 Å². The monoisotopic (exact) mass is 218 g/mol. The summed E-state index contributed by atoms with van der Waals surface area (Å²) in [4.78, 5) is 18.3. The van der Waals surface area contributed by atoms with Crippen molar-refractivity contribution >= 4 is 17.0 Å². The van der Waals surface area contributed by atoms with Crippen LogP contribution in [0.3, 0.4) is 0 Å². The van der Waals surface area contributed by atoms with Crippen molar-refractivity contribution in [3.8, 4) is 0 Å². The lowest BCUT2D eigenvalue weighted by Crippen LogP contribution is -2.00. The predicted octanol–water partition coefficient (Wildman–Crippen LogP) is 2.19. The average molecular weight is 218 g/mol. The molecule has 2 aromatic heterocycles. The van der Waals surface area contributed by atoms with Crippen LogP contribution in [0.25, 0.3) is 11.0 Å². The first-order chi connectivity index (χ1) is 7.72. The highest BCUT2D eigenvalue weighted by Crippen LogP contribution is 2.21. The number of hydrogen-bond acceptors (Lipinski definition) is 3. The van der Waals surface area contributed by atoms with Crippen molar-refractivity contribution < 1.29 is 9.53 Å². The first-order valence-corrected chi connectivity index (χ1v) is 5.30. The number of hydrogen-bond donors (Lipinski definition) is 1. The highest BCUT2D eigenvalue weighted by atomic mass is 16.5. The van der Waals surface area contributed by atoms with Gasteiger partial charge >= 0.3 is 5.97 Å². The average Bonchev–Trinajstić information content (AvgIpc) is 2.64. The smallest absolute Gasteiger partial charge is 0.302 e. The Balaban J connectivity index is 2.43. The van der Waals surface area contributed by atoms with Gasteiger partial charge in [-0.1, -0.05) is 6.92 Å². The minimum Gasteiger partial charge on any atom is -0.461 e. The fraction of sp³-hybridized carbons (Fsp3) is 0.333. The fourth-order valence-electron chi connectivity index (χ4n) is 1.77. The molecule has 0 aromatic carbocycles. The van der Waals surface area contributed by atoms with Crippen LogP contribution < -0.4 is 0 Å². The van der Waals surface area contributed by atoms with Crippen LogP contribution in [0.1, 0.15) is 25.1 Å². The van der Waals surface area contributed by atoms with Crippen LogP contribution in [0.2, 0.25) is 0 Å². The number of fused-ring (bicyclic) bond motifs is 1. The van der Waals surface area contributed by atoms with Crippen LogP contribution in [-0.4, -0.2) is 15.9 Å². The van der Waals surface area contributed by atoms with Gasteiger partial charge in [0.25, 0.3) is 0 Å². The first-order valence-electron chi connectivity index (χ1n) is 5.30. The maximum atomic E-state index is 10.8. The Kier molecular flexibility index (Phi) is 2.90. The highest BCUT2D eigenvalue weighted by molar-refractivity contribution is 5.81. The third-order valence-electron chi connectivity index (χ3n) is 2.54. The minimum atomic E-state index is -0.264. The molecular weight excluding hydrogens is 204 g/mol. The van der Waals surface area contributed by atoms with Crippen molar-refractivity contribution in [2.75, 3.05) is 0 Å². The Morgan fingerprint density at radius 1 is 1.56 bits per heavy atom. The van der Waals surface area contributed by atoms with Gasteiger partial charge in [0.2, 0.25) is 0 Å². The molecule has 2 aromatic rings. The molecule has 0 aliphatic rings. The standard InChI is InChI=1S/C12H14N2O2/c1-3-11-10(7-16-8(2)15)9-5-4-6-13-12(9)14-11/h4-6H,3,7H2,1-2H3,(H,13,14). The minimum absolute atomic E-state index is 0.264. The topological polar surface area (TPSA) is 55.0 Å². The third kappa shape index (κ3) is 1.91. The molecule has 0 saturated heterocycles. The van der Waals surface area contributed by atoms with Crippen molar-refractivity contribution in [1.29, 1.82) is 0 Å². The summed E-state index contributed by atoms with van der Waals surface area (Å²) in [6, 6.07) is 3.86. The molecule has 2 rings (SSSR count). The molecule has 4 nitrogen and oxygen atoms in total. The number of carbonyl (C=O) groups excluding carboxylic acids is 1. The Morgan fingerprint density at radius 3 is 3.06 bits per heavy atom. The summed E-state index contributed by atoms with van der Waals surface area (Å²) >= 11 is 0. The van der Waals surface area contributed by atoms with Crippen molar-refractivity contribution in [2.45, 2.75) is 26.9 Å². The number of aromatic nitrogens is 2. The summed E-state index contributed by atoms with van der Waals surface area (Å²) in [7, 11) is 0. The molecule has 0 amide bonds. The zero-order valence-corrected chi connectivity index (χ0v) is 9.41. The largest absolute Gasteiger partial charge is 0.461 e. The second-order valence-corrected chi connectivity index (χ2v) is 3.62. The Bertz CT molecular complexity index is 517. The van der Waals surface area contributed by atoms with E-state index in [0.717, 1.165) is 28.7 Å². The normalized spacial score (nSPS) is 10.6. The van der Waals surface area contributed by atoms with Gasteiger partial charge < -0.3 is 9.72 Å². The van der Waals surface area contributed by atoms with E-state index < -0.39 is 0 Å². The van der Waals surface area contributed by atoms with Gasteiger partial charge in [0.05, 0.1) is 0 Å². The van der Waals surface area contributed by atoms with Crippen molar-refractivity contribution in [1.82, 2.24) is 9.97 Å². The molecule has 0 unspecified atom stereocenters. The zero-order chi connectivity index (χ0) is 11.5. The number of carbonyl (C=O) groups is 1. The summed E-state index contributed by atoms with van der Waals surface area (Å²) in [5.74, 6) is -0.264. The number of aryl methyl sites for hydroxylation is 1. The summed E-state index contributed by atoms with van der Waals surface area (Å²) < 4.78 is 5.05. The molecule has 0 spiro atoms. The van der Waals surface area contributed by atoms with Crippen LogP contribution in [0, 0.1) is 0 Å². The molecule has 84 valence electrons.